The lowest BCUT2D eigenvalue weighted by molar-refractivity contribution is -0.123. The minimum Gasteiger partial charge on any atom is -0.323 e. The van der Waals surface area contributed by atoms with Gasteiger partial charge in [-0.1, -0.05) is 78.1 Å². The quantitative estimate of drug-likeness (QED) is 0.154. The van der Waals surface area contributed by atoms with Gasteiger partial charge >= 0.3 is 12.1 Å². The molecule has 0 aliphatic carbocycles. The second-order valence-corrected chi connectivity index (χ2v) is 13.6. The largest absolute Gasteiger partial charge is 0.332 e. The number of halogens is 4. The molecule has 4 aromatic rings. The first-order chi connectivity index (χ1) is 24.1. The van der Waals surface area contributed by atoms with Crippen molar-refractivity contribution in [1.29, 1.82) is 10.5 Å². The Hall–Kier alpha value is -5.24. The van der Waals surface area contributed by atoms with Crippen LogP contribution < -0.4 is 15.1 Å². The number of rotatable bonds is 6. The van der Waals surface area contributed by atoms with Gasteiger partial charge in [0, 0.05) is 19.9 Å². The summed E-state index contributed by atoms with van der Waals surface area (Å²) in [6, 6.07) is 22.5. The zero-order valence-electron chi connectivity index (χ0n) is 27.1. The summed E-state index contributed by atoms with van der Waals surface area (Å²) < 4.78 is 0. The number of hydrogen-bond donors (Lipinski definition) is 1. The summed E-state index contributed by atoms with van der Waals surface area (Å²) in [5.74, 6) is -0.798. The van der Waals surface area contributed by atoms with E-state index in [4.69, 9.17) is 56.9 Å². The molecule has 0 radical (unpaired) electrons. The van der Waals surface area contributed by atoms with E-state index < -0.39 is 29.0 Å². The summed E-state index contributed by atoms with van der Waals surface area (Å²) in [5.41, 5.74) is 1.06. The van der Waals surface area contributed by atoms with Crippen LogP contribution in [0, 0.1) is 22.7 Å². The highest BCUT2D eigenvalue weighted by Crippen LogP contribution is 2.35. The van der Waals surface area contributed by atoms with Gasteiger partial charge in [-0.25, -0.2) is 29.4 Å². The third kappa shape index (κ3) is 7.96. The second-order valence-electron chi connectivity index (χ2n) is 12.1. The van der Waals surface area contributed by atoms with Gasteiger partial charge < -0.3 is 10.2 Å². The molecule has 0 saturated carbocycles. The summed E-state index contributed by atoms with van der Waals surface area (Å²) in [7, 11) is 1.58. The van der Waals surface area contributed by atoms with Gasteiger partial charge in [0.05, 0.1) is 34.6 Å². The molecule has 266 valence electrons. The first-order valence-electron chi connectivity index (χ1n) is 15.0. The summed E-state index contributed by atoms with van der Waals surface area (Å²) in [5, 5.41) is 20.8. The highest BCUT2D eigenvalue weighted by atomic mass is 35.5. The molecular formula is C36H30Cl4N8O4. The van der Waals surface area contributed by atoms with E-state index in [0.29, 0.717) is 17.5 Å². The molecule has 2 aromatic carbocycles. The second kappa shape index (κ2) is 15.6. The van der Waals surface area contributed by atoms with Crippen molar-refractivity contribution in [3.63, 3.8) is 0 Å². The average Bonchev–Trinajstić information content (AvgIpc) is 3.39. The van der Waals surface area contributed by atoms with E-state index in [1.54, 1.807) is 69.4 Å². The fourth-order valence-corrected chi connectivity index (χ4v) is 6.55. The zero-order chi connectivity index (χ0) is 37.2. The molecule has 0 bridgehead atoms. The van der Waals surface area contributed by atoms with Crippen molar-refractivity contribution >= 4 is 81.7 Å². The lowest BCUT2D eigenvalue weighted by Crippen LogP contribution is -2.47. The van der Waals surface area contributed by atoms with E-state index in [-0.39, 0.29) is 51.7 Å². The van der Waals surface area contributed by atoms with Crippen LogP contribution in [0.4, 0.5) is 21.0 Å². The minimum atomic E-state index is -1.12. The molecule has 2 unspecified atom stereocenters. The first kappa shape index (κ1) is 39.5. The maximum absolute atomic E-state index is 13.1. The molecule has 16 heteroatoms. The lowest BCUT2D eigenvalue weighted by atomic mass is 9.91. The molecule has 2 saturated heterocycles. The van der Waals surface area contributed by atoms with E-state index in [1.165, 1.54) is 29.2 Å². The molecule has 12 nitrogen and oxygen atoms in total. The molecule has 6 rings (SSSR count). The summed E-state index contributed by atoms with van der Waals surface area (Å²) in [4.78, 5) is 62.2. The Morgan fingerprint density at radius 3 is 1.50 bits per heavy atom. The van der Waals surface area contributed by atoms with Crippen molar-refractivity contribution in [2.24, 2.45) is 0 Å². The van der Waals surface area contributed by atoms with Crippen molar-refractivity contribution in [1.82, 2.24) is 20.2 Å². The van der Waals surface area contributed by atoms with Crippen LogP contribution in [0.3, 0.4) is 0 Å². The lowest BCUT2D eigenvalue weighted by Gasteiger charge is -2.28. The van der Waals surface area contributed by atoms with Gasteiger partial charge in [-0.05, 0) is 73.5 Å². The van der Waals surface area contributed by atoms with Crippen LogP contribution >= 0.6 is 46.4 Å². The molecule has 52 heavy (non-hydrogen) atoms. The molecular weight excluding hydrogens is 750 g/mol. The van der Waals surface area contributed by atoms with Crippen molar-refractivity contribution in [3.8, 4) is 12.1 Å². The van der Waals surface area contributed by atoms with Crippen LogP contribution in [0.15, 0.2) is 72.8 Å². The average molecular weight is 780 g/mol. The van der Waals surface area contributed by atoms with Crippen molar-refractivity contribution in [2.45, 2.75) is 45.2 Å². The number of carbonyl (C=O) groups excluding carboxylic acids is 4. The number of imide groups is 2. The first-order valence-corrected chi connectivity index (χ1v) is 16.5. The summed E-state index contributed by atoms with van der Waals surface area (Å²) in [6.07, 6.45) is 0.592. The third-order valence-electron chi connectivity index (χ3n) is 8.43. The number of hydrogen-bond acceptors (Lipinski definition) is 8. The van der Waals surface area contributed by atoms with E-state index in [0.717, 1.165) is 20.9 Å². The highest BCUT2D eigenvalue weighted by Gasteiger charge is 2.53. The number of nitriles is 2. The minimum absolute atomic E-state index is 0. The Bertz CT molecular complexity index is 2110. The monoisotopic (exact) mass is 778 g/mol. The van der Waals surface area contributed by atoms with E-state index >= 15 is 0 Å². The summed E-state index contributed by atoms with van der Waals surface area (Å²) >= 11 is 23.5. The van der Waals surface area contributed by atoms with Gasteiger partial charge in [0.15, 0.2) is 0 Å². The maximum Gasteiger partial charge on any atom is 0.332 e. The number of carbonyl (C=O) groups is 4. The number of nitrogens with zero attached hydrogens (tertiary/aromatic N) is 7. The Labute approximate surface area is 320 Å². The molecule has 2 fully saturated rings. The molecule has 2 aromatic heterocycles. The zero-order valence-corrected chi connectivity index (χ0v) is 30.1. The molecule has 2 atom stereocenters. The number of likely N-dealkylation sites (N-methyl/N-ethyl adjacent to an activating group) is 1. The van der Waals surface area contributed by atoms with Crippen LogP contribution in [0.5, 0.6) is 0 Å². The van der Waals surface area contributed by atoms with E-state index in [2.05, 4.69) is 21.4 Å². The molecule has 0 spiro atoms. The van der Waals surface area contributed by atoms with Gasteiger partial charge in [0.25, 0.3) is 11.8 Å². The Balaban J connectivity index is 0.000000228. The molecule has 1 N–H and O–H groups in total. The predicted octanol–water partition coefficient (Wildman–Crippen LogP) is 7.61. The SMILES string of the molecule is C.CC1(Cc2ccc(C#N)cc2)NC(=O)N(c2cc(Cl)nc(Cl)c2)C1=O.CN1C(=O)N(c2cc(Cl)nc(Cl)c2)C(=O)C1(C)Cc1ccc(C#N)cc1. The van der Waals surface area contributed by atoms with Crippen molar-refractivity contribution < 1.29 is 19.2 Å². The highest BCUT2D eigenvalue weighted by molar-refractivity contribution is 6.34. The molecule has 6 amide bonds. The van der Waals surface area contributed by atoms with Crippen LogP contribution in [0.1, 0.15) is 43.5 Å². The van der Waals surface area contributed by atoms with Gasteiger partial charge in [-0.2, -0.15) is 10.5 Å². The Morgan fingerprint density at radius 1 is 0.673 bits per heavy atom. The summed E-state index contributed by atoms with van der Waals surface area (Å²) in [6.45, 7) is 3.35. The van der Waals surface area contributed by atoms with Gasteiger partial charge in [-0.3, -0.25) is 9.59 Å². The topological polar surface area (TPSA) is 163 Å². The normalized spacial score (nSPS) is 19.4. The smallest absolute Gasteiger partial charge is 0.323 e. The molecule has 4 heterocycles. The van der Waals surface area contributed by atoms with E-state index in [9.17, 15) is 19.2 Å². The van der Waals surface area contributed by atoms with Crippen LogP contribution in [0.2, 0.25) is 20.6 Å². The van der Waals surface area contributed by atoms with Crippen LogP contribution in [0.25, 0.3) is 0 Å². The number of amides is 6. The number of anilines is 2. The maximum atomic E-state index is 13.1. The van der Waals surface area contributed by atoms with Gasteiger partial charge in [0.2, 0.25) is 0 Å². The Kier molecular flexibility index (Phi) is 11.8. The fourth-order valence-electron chi connectivity index (χ4n) is 5.66. The van der Waals surface area contributed by atoms with Crippen LogP contribution in [-0.4, -0.2) is 56.9 Å². The standard InChI is InChI=1S/C18H14Cl2N4O2.C17H12Cl2N4O2.CH4/c1-18(9-11-3-5-12(10-21)6-4-11)16(25)24(17(26)23(18)2)13-7-14(19)22-15(20)8-13;1-17(8-10-2-4-11(9-20)5-3-10)15(24)23(16(25)22-17)12-6-13(18)21-14(19)7-12;/h3-8H,9H2,1-2H3;2-7H,8H2,1H3,(H,22,25);1H4. The fraction of sp³-hybridized carbons (Fsp3) is 0.222. The number of urea groups is 2. The van der Waals surface area contributed by atoms with Crippen molar-refractivity contribution in [2.75, 3.05) is 16.8 Å². The Morgan fingerprint density at radius 2 is 1.08 bits per heavy atom. The van der Waals surface area contributed by atoms with Gasteiger partial charge in [-0.15, -0.1) is 0 Å². The number of pyridine rings is 2. The molecule has 2 aliphatic heterocycles. The van der Waals surface area contributed by atoms with Crippen molar-refractivity contribution in [3.05, 3.63) is 116 Å². The number of nitrogens with one attached hydrogen (secondary N) is 1. The number of aromatic nitrogens is 2. The molecule has 2 aliphatic rings. The van der Waals surface area contributed by atoms with E-state index in [1.807, 2.05) is 6.07 Å². The number of benzene rings is 2. The van der Waals surface area contributed by atoms with Gasteiger partial charge in [0.1, 0.15) is 31.7 Å². The van der Waals surface area contributed by atoms with Crippen LogP contribution in [-0.2, 0) is 22.4 Å². The third-order valence-corrected chi connectivity index (χ3v) is 9.20. The predicted molar refractivity (Wildman–Crippen MR) is 198 cm³/mol.